The van der Waals surface area contributed by atoms with Gasteiger partial charge in [0.05, 0.1) is 17.6 Å². The highest BCUT2D eigenvalue weighted by atomic mass is 35.5. The zero-order valence-electron chi connectivity index (χ0n) is 15.3. The lowest BCUT2D eigenvalue weighted by Crippen LogP contribution is -2.54. The fourth-order valence-electron chi connectivity index (χ4n) is 2.77. The van der Waals surface area contributed by atoms with Crippen LogP contribution < -0.4 is 0 Å². The Kier molecular flexibility index (Phi) is 5.45. The first kappa shape index (κ1) is 19.4. The predicted octanol–water partition coefficient (Wildman–Crippen LogP) is 4.23. The van der Waals surface area contributed by atoms with Crippen molar-refractivity contribution in [2.75, 3.05) is 13.1 Å². The predicted molar refractivity (Wildman–Crippen MR) is 104 cm³/mol. The normalized spacial score (nSPS) is 16.5. The smallest absolute Gasteiger partial charge is 0.243 e. The molecule has 0 saturated carbocycles. The zero-order valence-corrected chi connectivity index (χ0v) is 16.8. The van der Waals surface area contributed by atoms with Gasteiger partial charge in [-0.3, -0.25) is 0 Å². The Morgan fingerprint density at radius 2 is 1.62 bits per heavy atom. The zero-order chi connectivity index (χ0) is 18.9. The van der Waals surface area contributed by atoms with E-state index in [0.29, 0.717) is 29.6 Å². The number of sulfonamides is 1. The molecule has 1 saturated heterocycles. The maximum absolute atomic E-state index is 12.7. The van der Waals surface area contributed by atoms with Crippen molar-refractivity contribution >= 4 is 21.6 Å². The lowest BCUT2D eigenvalue weighted by molar-refractivity contribution is -0.0295. The van der Waals surface area contributed by atoms with E-state index in [2.05, 4.69) is 20.8 Å². The fraction of sp³-hybridized carbons (Fsp3) is 0.400. The molecule has 1 aliphatic heterocycles. The van der Waals surface area contributed by atoms with Gasteiger partial charge in [-0.15, -0.1) is 0 Å². The minimum absolute atomic E-state index is 0.000349. The molecule has 0 spiro atoms. The van der Waals surface area contributed by atoms with Crippen LogP contribution in [0, 0.1) is 0 Å². The Morgan fingerprint density at radius 1 is 1.04 bits per heavy atom. The molecule has 2 aromatic carbocycles. The number of nitrogens with zero attached hydrogens (tertiary/aromatic N) is 1. The molecule has 4 nitrogen and oxygen atoms in total. The van der Waals surface area contributed by atoms with Gasteiger partial charge < -0.3 is 4.74 Å². The van der Waals surface area contributed by atoms with E-state index in [9.17, 15) is 8.42 Å². The highest BCUT2D eigenvalue weighted by Gasteiger charge is 2.37. The molecule has 140 valence electrons. The molecule has 0 bridgehead atoms. The van der Waals surface area contributed by atoms with E-state index in [1.165, 1.54) is 4.31 Å². The van der Waals surface area contributed by atoms with Gasteiger partial charge in [-0.25, -0.2) is 8.42 Å². The van der Waals surface area contributed by atoms with Crippen molar-refractivity contribution in [1.82, 2.24) is 4.31 Å². The number of benzene rings is 2. The van der Waals surface area contributed by atoms with E-state index in [0.717, 1.165) is 11.1 Å². The van der Waals surface area contributed by atoms with Crippen LogP contribution in [0.4, 0.5) is 0 Å². The molecule has 0 N–H and O–H groups in total. The van der Waals surface area contributed by atoms with E-state index in [4.69, 9.17) is 16.3 Å². The van der Waals surface area contributed by atoms with Crippen LogP contribution in [-0.4, -0.2) is 31.9 Å². The van der Waals surface area contributed by atoms with Crippen LogP contribution in [0.1, 0.15) is 31.9 Å². The molecule has 0 aliphatic carbocycles. The number of hydrogen-bond donors (Lipinski definition) is 0. The van der Waals surface area contributed by atoms with Gasteiger partial charge >= 0.3 is 0 Å². The van der Waals surface area contributed by atoms with Crippen LogP contribution >= 0.6 is 11.6 Å². The standard InChI is InChI=1S/C20H24ClNO3S/c1-20(2,3)16-6-10-19(11-7-16)26(23,24)22-12-18(13-22)25-14-15-4-8-17(21)9-5-15/h4-11,18H,12-14H2,1-3H3. The van der Waals surface area contributed by atoms with Gasteiger partial charge in [0.25, 0.3) is 0 Å². The molecule has 1 aliphatic rings. The topological polar surface area (TPSA) is 46.6 Å². The summed E-state index contributed by atoms with van der Waals surface area (Å²) in [5, 5.41) is 0.687. The fourth-order valence-corrected chi connectivity index (χ4v) is 4.40. The monoisotopic (exact) mass is 393 g/mol. The van der Waals surface area contributed by atoms with Crippen molar-refractivity contribution in [3.05, 3.63) is 64.7 Å². The highest BCUT2D eigenvalue weighted by molar-refractivity contribution is 7.89. The number of hydrogen-bond acceptors (Lipinski definition) is 3. The summed E-state index contributed by atoms with van der Waals surface area (Å²) in [5.74, 6) is 0. The Labute approximate surface area is 160 Å². The molecule has 2 aromatic rings. The van der Waals surface area contributed by atoms with Crippen molar-refractivity contribution in [3.63, 3.8) is 0 Å². The molecule has 6 heteroatoms. The van der Waals surface area contributed by atoms with Gasteiger partial charge in [0, 0.05) is 18.1 Å². The summed E-state index contributed by atoms with van der Waals surface area (Å²) in [5.41, 5.74) is 2.14. The summed E-state index contributed by atoms with van der Waals surface area (Å²) in [6.07, 6.45) is -0.0747. The van der Waals surface area contributed by atoms with E-state index in [1.807, 2.05) is 36.4 Å². The SMILES string of the molecule is CC(C)(C)c1ccc(S(=O)(=O)N2CC(OCc3ccc(Cl)cc3)C2)cc1. The number of ether oxygens (including phenoxy) is 1. The molecule has 1 fully saturated rings. The first-order chi connectivity index (χ1) is 12.2. The van der Waals surface area contributed by atoms with Crippen LogP contribution in [-0.2, 0) is 26.8 Å². The van der Waals surface area contributed by atoms with Gasteiger partial charge in [-0.05, 0) is 40.8 Å². The maximum Gasteiger partial charge on any atom is 0.243 e. The average molecular weight is 394 g/mol. The molecular weight excluding hydrogens is 370 g/mol. The summed E-state index contributed by atoms with van der Waals surface area (Å²) in [6, 6.07) is 14.6. The van der Waals surface area contributed by atoms with Crippen LogP contribution in [0.15, 0.2) is 53.4 Å². The molecule has 1 heterocycles. The molecular formula is C20H24ClNO3S. The summed E-state index contributed by atoms with van der Waals surface area (Å²) < 4.78 is 32.6. The van der Waals surface area contributed by atoms with Gasteiger partial charge in [0.2, 0.25) is 10.0 Å². The van der Waals surface area contributed by atoms with Gasteiger partial charge in [-0.2, -0.15) is 4.31 Å². The maximum atomic E-state index is 12.7. The van der Waals surface area contributed by atoms with Crippen molar-refractivity contribution in [2.45, 2.75) is 43.8 Å². The summed E-state index contributed by atoms with van der Waals surface area (Å²) in [6.45, 7) is 7.54. The van der Waals surface area contributed by atoms with Crippen LogP contribution in [0.2, 0.25) is 5.02 Å². The lowest BCUT2D eigenvalue weighted by Gasteiger charge is -2.37. The third-order valence-corrected chi connectivity index (χ3v) is 6.67. The minimum Gasteiger partial charge on any atom is -0.371 e. The third kappa shape index (κ3) is 4.29. The average Bonchev–Trinajstić information content (AvgIpc) is 2.54. The van der Waals surface area contributed by atoms with E-state index < -0.39 is 10.0 Å². The van der Waals surface area contributed by atoms with E-state index in [1.54, 1.807) is 12.1 Å². The van der Waals surface area contributed by atoms with Crippen molar-refractivity contribution < 1.29 is 13.2 Å². The van der Waals surface area contributed by atoms with Crippen LogP contribution in [0.25, 0.3) is 0 Å². The quantitative estimate of drug-likeness (QED) is 0.763. The lowest BCUT2D eigenvalue weighted by atomic mass is 9.87. The van der Waals surface area contributed by atoms with E-state index in [-0.39, 0.29) is 11.5 Å². The van der Waals surface area contributed by atoms with Crippen LogP contribution in [0.3, 0.4) is 0 Å². The molecule has 26 heavy (non-hydrogen) atoms. The highest BCUT2D eigenvalue weighted by Crippen LogP contribution is 2.27. The van der Waals surface area contributed by atoms with Crippen LogP contribution in [0.5, 0.6) is 0 Å². The first-order valence-corrected chi connectivity index (χ1v) is 10.4. The Hall–Kier alpha value is -1.40. The summed E-state index contributed by atoms with van der Waals surface area (Å²) >= 11 is 5.86. The van der Waals surface area contributed by atoms with Crippen molar-refractivity contribution in [1.29, 1.82) is 0 Å². The summed E-state index contributed by atoms with van der Waals surface area (Å²) in [7, 11) is -3.45. The molecule has 3 rings (SSSR count). The second kappa shape index (κ2) is 7.31. The van der Waals surface area contributed by atoms with Crippen molar-refractivity contribution in [2.24, 2.45) is 0 Å². The van der Waals surface area contributed by atoms with Gasteiger partial charge in [-0.1, -0.05) is 56.6 Å². The molecule has 0 aromatic heterocycles. The Morgan fingerprint density at radius 3 is 2.15 bits per heavy atom. The van der Waals surface area contributed by atoms with Gasteiger partial charge in [0.15, 0.2) is 0 Å². The van der Waals surface area contributed by atoms with Gasteiger partial charge in [0.1, 0.15) is 0 Å². The summed E-state index contributed by atoms with van der Waals surface area (Å²) in [4.78, 5) is 0.335. The largest absolute Gasteiger partial charge is 0.371 e. The molecule has 0 unspecified atom stereocenters. The number of halogens is 1. The molecule has 0 atom stereocenters. The Bertz CT molecular complexity index is 849. The first-order valence-electron chi connectivity index (χ1n) is 8.63. The minimum atomic E-state index is -3.45. The third-order valence-electron chi connectivity index (χ3n) is 4.57. The molecule has 0 radical (unpaired) electrons. The molecule has 0 amide bonds. The second-order valence-electron chi connectivity index (χ2n) is 7.66. The number of rotatable bonds is 5. The van der Waals surface area contributed by atoms with E-state index >= 15 is 0 Å². The Balaban J connectivity index is 1.56. The second-order valence-corrected chi connectivity index (χ2v) is 10.0. The van der Waals surface area contributed by atoms with Crippen molar-refractivity contribution in [3.8, 4) is 0 Å².